The summed E-state index contributed by atoms with van der Waals surface area (Å²) < 4.78 is 2.28. The van der Waals surface area contributed by atoms with Crippen molar-refractivity contribution in [2.75, 3.05) is 0 Å². The first-order valence-electron chi connectivity index (χ1n) is 11.2. The number of nitrogens with zero attached hydrogens (tertiary/aromatic N) is 2. The third-order valence-corrected chi connectivity index (χ3v) is 10.5. The monoisotopic (exact) mass is 425 g/mol. The van der Waals surface area contributed by atoms with E-state index in [2.05, 4.69) is 101 Å². The maximum atomic E-state index is 4.69. The number of fused-ring (bicyclic) bond motifs is 1. The molecule has 0 aliphatic carbocycles. The Hall–Kier alpha value is -2.78. The smallest absolute Gasteiger partial charge is 0.220 e. The van der Waals surface area contributed by atoms with Crippen molar-refractivity contribution < 1.29 is 4.57 Å². The second-order valence-corrected chi connectivity index (χ2v) is 13.6. The average molecular weight is 426 g/mol. The number of hydrogen-bond acceptors (Lipinski definition) is 1. The summed E-state index contributed by atoms with van der Waals surface area (Å²) in [5, 5.41) is 5.27. The number of aryl methyl sites for hydroxylation is 2. The van der Waals surface area contributed by atoms with E-state index >= 15 is 0 Å². The largest absolute Gasteiger partial charge is 0.266 e. The van der Waals surface area contributed by atoms with Crippen LogP contribution in [0.1, 0.15) is 29.2 Å². The molecule has 0 unspecified atom stereocenters. The minimum atomic E-state index is -1.84. The number of hydrogen-bond donors (Lipinski definition) is 0. The molecule has 0 fully saturated rings. The molecule has 4 aromatic rings. The summed E-state index contributed by atoms with van der Waals surface area (Å²) in [6.07, 6.45) is 5.18. The molecule has 2 aromatic carbocycles. The highest BCUT2D eigenvalue weighted by Crippen LogP contribution is 2.32. The van der Waals surface area contributed by atoms with E-state index in [0.29, 0.717) is 0 Å². The Morgan fingerprint density at radius 1 is 0.903 bits per heavy atom. The molecular weight excluding hydrogens is 392 g/mol. The lowest BCUT2D eigenvalue weighted by Gasteiger charge is -2.23. The van der Waals surface area contributed by atoms with Crippen LogP contribution in [-0.4, -0.2) is 13.1 Å². The summed E-state index contributed by atoms with van der Waals surface area (Å²) in [5.74, 6) is 0. The Bertz CT molecular complexity index is 1270. The van der Waals surface area contributed by atoms with Crippen LogP contribution < -0.4 is 15.1 Å². The summed E-state index contributed by atoms with van der Waals surface area (Å²) in [5.41, 5.74) is 8.31. The highest BCUT2D eigenvalue weighted by atomic mass is 28.3. The molecule has 0 amide bonds. The van der Waals surface area contributed by atoms with E-state index in [1.54, 1.807) is 0 Å². The molecule has 0 spiro atoms. The normalized spacial score (nSPS) is 11.8. The molecule has 0 saturated heterocycles. The molecule has 2 nitrogen and oxygen atoms in total. The van der Waals surface area contributed by atoms with Gasteiger partial charge in [0, 0.05) is 17.6 Å². The second-order valence-electron chi connectivity index (χ2n) is 9.23. The summed E-state index contributed by atoms with van der Waals surface area (Å²) in [6.45, 7) is 13.8. The molecule has 158 valence electrons. The Morgan fingerprint density at radius 2 is 1.68 bits per heavy atom. The lowest BCUT2D eigenvalue weighted by Crippen LogP contribution is -2.54. The summed E-state index contributed by atoms with van der Waals surface area (Å²) in [4.78, 5) is 4.69. The maximum Gasteiger partial charge on any atom is 0.220 e. The number of aromatic nitrogens is 2. The first-order valence-corrected chi connectivity index (χ1v) is 14.2. The van der Waals surface area contributed by atoms with Crippen LogP contribution in [0.5, 0.6) is 0 Å². The van der Waals surface area contributed by atoms with Crippen molar-refractivity contribution in [3.8, 4) is 11.3 Å². The van der Waals surface area contributed by atoms with Gasteiger partial charge >= 0.3 is 0 Å². The first kappa shape index (κ1) is 21.4. The lowest BCUT2D eigenvalue weighted by molar-refractivity contribution is -0.659. The van der Waals surface area contributed by atoms with Crippen LogP contribution in [0.15, 0.2) is 60.9 Å². The van der Waals surface area contributed by atoms with Gasteiger partial charge in [-0.05, 0) is 79.1 Å². The van der Waals surface area contributed by atoms with Gasteiger partial charge in [0.1, 0.15) is 15.1 Å². The van der Waals surface area contributed by atoms with Gasteiger partial charge in [-0.25, -0.2) is 4.57 Å². The van der Waals surface area contributed by atoms with E-state index in [4.69, 9.17) is 4.98 Å². The molecule has 3 heteroatoms. The number of rotatable bonds is 4. The third-order valence-electron chi connectivity index (χ3n) is 7.13. The SMILES string of the molecule is CCc1cc(-c2c3ccc([Si](C)(C)c4ccccn4)cc3cc[n+]2C)c(C)c(C)c1C. The second kappa shape index (κ2) is 8.05. The molecule has 0 atom stereocenters. The van der Waals surface area contributed by atoms with Gasteiger partial charge in [0.15, 0.2) is 6.20 Å². The van der Waals surface area contributed by atoms with Crippen molar-refractivity contribution in [3.05, 3.63) is 83.2 Å². The molecule has 0 radical (unpaired) electrons. The molecule has 0 bridgehead atoms. The highest BCUT2D eigenvalue weighted by Gasteiger charge is 2.28. The Balaban J connectivity index is 1.94. The molecule has 2 aromatic heterocycles. The van der Waals surface area contributed by atoms with Gasteiger partial charge in [-0.15, -0.1) is 0 Å². The highest BCUT2D eigenvalue weighted by molar-refractivity contribution is 7.00. The summed E-state index contributed by atoms with van der Waals surface area (Å²) >= 11 is 0. The zero-order valence-electron chi connectivity index (χ0n) is 19.9. The average Bonchev–Trinajstić information content (AvgIpc) is 2.78. The van der Waals surface area contributed by atoms with Gasteiger partial charge in [-0.3, -0.25) is 4.98 Å². The van der Waals surface area contributed by atoms with E-state index in [-0.39, 0.29) is 0 Å². The van der Waals surface area contributed by atoms with Crippen LogP contribution in [0.2, 0.25) is 13.1 Å². The van der Waals surface area contributed by atoms with Crippen molar-refractivity contribution in [2.45, 2.75) is 47.2 Å². The molecule has 4 rings (SSSR count). The van der Waals surface area contributed by atoms with Crippen molar-refractivity contribution in [1.29, 1.82) is 0 Å². The molecule has 0 aliphatic heterocycles. The summed E-state index contributed by atoms with van der Waals surface area (Å²) in [6, 6.07) is 18.0. The Labute approximate surface area is 187 Å². The van der Waals surface area contributed by atoms with Gasteiger partial charge in [-0.1, -0.05) is 43.4 Å². The van der Waals surface area contributed by atoms with E-state index in [1.807, 2.05) is 12.3 Å². The van der Waals surface area contributed by atoms with Crippen molar-refractivity contribution >= 4 is 29.4 Å². The van der Waals surface area contributed by atoms with E-state index < -0.39 is 8.07 Å². The van der Waals surface area contributed by atoms with Gasteiger partial charge in [0.25, 0.3) is 0 Å². The van der Waals surface area contributed by atoms with Crippen LogP contribution in [0.25, 0.3) is 22.0 Å². The molecular formula is C28H33N2Si+. The minimum absolute atomic E-state index is 1.06. The third kappa shape index (κ3) is 3.61. The van der Waals surface area contributed by atoms with Crippen molar-refractivity contribution in [1.82, 2.24) is 4.98 Å². The van der Waals surface area contributed by atoms with E-state index in [0.717, 1.165) is 6.42 Å². The fourth-order valence-corrected chi connectivity index (χ4v) is 6.93. The van der Waals surface area contributed by atoms with Crippen LogP contribution in [0.3, 0.4) is 0 Å². The van der Waals surface area contributed by atoms with Gasteiger partial charge < -0.3 is 0 Å². The zero-order chi connectivity index (χ0) is 22.3. The molecule has 31 heavy (non-hydrogen) atoms. The van der Waals surface area contributed by atoms with Gasteiger partial charge in [-0.2, -0.15) is 0 Å². The van der Waals surface area contributed by atoms with Crippen LogP contribution in [0, 0.1) is 20.8 Å². The van der Waals surface area contributed by atoms with Crippen LogP contribution in [0.4, 0.5) is 0 Å². The van der Waals surface area contributed by atoms with Crippen LogP contribution >= 0.6 is 0 Å². The fraction of sp³-hybridized carbons (Fsp3) is 0.286. The molecule has 0 N–H and O–H groups in total. The van der Waals surface area contributed by atoms with Gasteiger partial charge in [0.05, 0.1) is 10.9 Å². The molecule has 2 heterocycles. The molecule has 0 saturated carbocycles. The standard InChI is InChI=1S/C28H33N2Si/c1-8-22-18-26(21(4)19(2)20(22)3)28-25-13-12-24(17-23(25)14-16-30(28)5)31(6,7)27-11-9-10-15-29-27/h9-18H,8H2,1-7H3/q+1. The lowest BCUT2D eigenvalue weighted by atomic mass is 9.90. The van der Waals surface area contributed by atoms with Crippen molar-refractivity contribution in [2.24, 2.45) is 7.05 Å². The predicted octanol–water partition coefficient (Wildman–Crippen LogP) is 5.04. The predicted molar refractivity (Wildman–Crippen MR) is 135 cm³/mol. The molecule has 0 aliphatic rings. The Morgan fingerprint density at radius 3 is 2.35 bits per heavy atom. The topological polar surface area (TPSA) is 16.8 Å². The van der Waals surface area contributed by atoms with Crippen LogP contribution in [-0.2, 0) is 13.5 Å². The maximum absolute atomic E-state index is 4.69. The minimum Gasteiger partial charge on any atom is -0.266 e. The Kier molecular flexibility index (Phi) is 5.57. The first-order chi connectivity index (χ1) is 14.8. The number of pyridine rings is 2. The summed E-state index contributed by atoms with van der Waals surface area (Å²) in [7, 11) is 0.319. The van der Waals surface area contributed by atoms with Gasteiger partial charge in [0.2, 0.25) is 5.69 Å². The number of benzene rings is 2. The zero-order valence-corrected chi connectivity index (χ0v) is 20.9. The van der Waals surface area contributed by atoms with E-state index in [9.17, 15) is 0 Å². The quantitative estimate of drug-likeness (QED) is 0.331. The van der Waals surface area contributed by atoms with E-state index in [1.165, 1.54) is 54.8 Å². The van der Waals surface area contributed by atoms with Crippen molar-refractivity contribution in [3.63, 3.8) is 0 Å². The fourth-order valence-electron chi connectivity index (χ4n) is 4.71.